The maximum atomic E-state index is 12.1. The molecule has 1 aliphatic heterocycles. The van der Waals surface area contributed by atoms with Gasteiger partial charge in [-0.25, -0.2) is 4.98 Å². The summed E-state index contributed by atoms with van der Waals surface area (Å²) < 4.78 is 0. The number of carbonyl (C=O) groups is 1. The maximum Gasteiger partial charge on any atom is 0.236 e. The van der Waals surface area contributed by atoms with Crippen molar-refractivity contribution < 1.29 is 4.79 Å². The molecule has 1 aromatic rings. The fourth-order valence-electron chi connectivity index (χ4n) is 2.54. The largest absolute Gasteiger partial charge is 0.353 e. The summed E-state index contributed by atoms with van der Waals surface area (Å²) in [6.45, 7) is 4.80. The molecular weight excluding hydrogens is 252 g/mol. The van der Waals surface area contributed by atoms with E-state index in [1.54, 1.807) is 0 Å². The summed E-state index contributed by atoms with van der Waals surface area (Å²) in [4.78, 5) is 20.6. The Morgan fingerprint density at radius 1 is 1.25 bits per heavy atom. The molecule has 5 nitrogen and oxygen atoms in total. The van der Waals surface area contributed by atoms with Crippen LogP contribution in [0.4, 0.5) is 5.82 Å². The van der Waals surface area contributed by atoms with E-state index in [0.717, 1.165) is 44.5 Å². The monoisotopic (exact) mass is 274 g/mol. The van der Waals surface area contributed by atoms with Crippen LogP contribution in [0.2, 0.25) is 0 Å². The average molecular weight is 274 g/mol. The van der Waals surface area contributed by atoms with Crippen molar-refractivity contribution >= 4 is 11.7 Å². The van der Waals surface area contributed by atoms with Crippen LogP contribution in [0.3, 0.4) is 0 Å². The number of rotatable bonds is 5. The highest BCUT2D eigenvalue weighted by Gasteiger charge is 2.23. The number of nitrogens with one attached hydrogen (secondary N) is 1. The molecule has 0 bridgehead atoms. The van der Waals surface area contributed by atoms with E-state index in [9.17, 15) is 4.79 Å². The van der Waals surface area contributed by atoms with Crippen LogP contribution in [0, 0.1) is 5.92 Å². The van der Waals surface area contributed by atoms with Crippen LogP contribution in [0.15, 0.2) is 24.4 Å². The standard InChI is InChI=1S/C15H22N4O/c20-15(12-16-11-13-4-5-13)19-9-7-18(8-10-19)14-3-1-2-6-17-14/h1-3,6,13,16H,4-5,7-12H2. The van der Waals surface area contributed by atoms with Gasteiger partial charge in [0.25, 0.3) is 0 Å². The van der Waals surface area contributed by atoms with Crippen molar-refractivity contribution in [3.8, 4) is 0 Å². The second-order valence-corrected chi connectivity index (χ2v) is 5.63. The van der Waals surface area contributed by atoms with Gasteiger partial charge in [-0.05, 0) is 37.4 Å². The van der Waals surface area contributed by atoms with Gasteiger partial charge in [-0.1, -0.05) is 6.07 Å². The van der Waals surface area contributed by atoms with Crippen LogP contribution in [-0.4, -0.2) is 55.1 Å². The fraction of sp³-hybridized carbons (Fsp3) is 0.600. The molecule has 0 unspecified atom stereocenters. The van der Waals surface area contributed by atoms with Gasteiger partial charge >= 0.3 is 0 Å². The SMILES string of the molecule is O=C(CNCC1CC1)N1CCN(c2ccccn2)CC1. The van der Waals surface area contributed by atoms with Gasteiger partial charge in [0.05, 0.1) is 6.54 Å². The van der Waals surface area contributed by atoms with Gasteiger partial charge < -0.3 is 15.1 Å². The van der Waals surface area contributed by atoms with Crippen molar-refractivity contribution in [1.29, 1.82) is 0 Å². The van der Waals surface area contributed by atoms with E-state index in [2.05, 4.69) is 15.2 Å². The number of hydrogen-bond acceptors (Lipinski definition) is 4. The molecule has 0 spiro atoms. The Hall–Kier alpha value is -1.62. The number of hydrogen-bond donors (Lipinski definition) is 1. The highest BCUT2D eigenvalue weighted by atomic mass is 16.2. The molecule has 0 radical (unpaired) electrons. The molecule has 20 heavy (non-hydrogen) atoms. The number of anilines is 1. The lowest BCUT2D eigenvalue weighted by molar-refractivity contribution is -0.130. The predicted octanol–water partition coefficient (Wildman–Crippen LogP) is 0.730. The second kappa shape index (κ2) is 6.22. The van der Waals surface area contributed by atoms with Gasteiger partial charge in [-0.3, -0.25) is 4.79 Å². The molecule has 108 valence electrons. The van der Waals surface area contributed by atoms with E-state index in [-0.39, 0.29) is 5.91 Å². The van der Waals surface area contributed by atoms with Crippen molar-refractivity contribution in [3.63, 3.8) is 0 Å². The second-order valence-electron chi connectivity index (χ2n) is 5.63. The Balaban J connectivity index is 1.42. The van der Waals surface area contributed by atoms with Gasteiger partial charge in [0, 0.05) is 32.4 Å². The fourth-order valence-corrected chi connectivity index (χ4v) is 2.54. The summed E-state index contributed by atoms with van der Waals surface area (Å²) in [6, 6.07) is 5.95. The molecule has 1 N–H and O–H groups in total. The number of pyridine rings is 1. The first kappa shape index (κ1) is 13.4. The Kier molecular flexibility index (Phi) is 4.16. The number of piperazine rings is 1. The highest BCUT2D eigenvalue weighted by molar-refractivity contribution is 5.78. The van der Waals surface area contributed by atoms with Gasteiger partial charge in [-0.2, -0.15) is 0 Å². The Bertz CT molecular complexity index is 438. The van der Waals surface area contributed by atoms with Crippen molar-refractivity contribution in [2.75, 3.05) is 44.2 Å². The van der Waals surface area contributed by atoms with Gasteiger partial charge in [-0.15, -0.1) is 0 Å². The van der Waals surface area contributed by atoms with Crippen molar-refractivity contribution in [3.05, 3.63) is 24.4 Å². The zero-order valence-corrected chi connectivity index (χ0v) is 11.8. The zero-order chi connectivity index (χ0) is 13.8. The van der Waals surface area contributed by atoms with Gasteiger partial charge in [0.15, 0.2) is 0 Å². The molecule has 2 fully saturated rings. The molecule has 1 saturated carbocycles. The quantitative estimate of drug-likeness (QED) is 0.860. The summed E-state index contributed by atoms with van der Waals surface area (Å²) >= 11 is 0. The van der Waals surface area contributed by atoms with Crippen molar-refractivity contribution in [2.45, 2.75) is 12.8 Å². The molecule has 5 heteroatoms. The summed E-state index contributed by atoms with van der Waals surface area (Å²) in [5.41, 5.74) is 0. The average Bonchev–Trinajstić information content (AvgIpc) is 3.32. The lowest BCUT2D eigenvalue weighted by Gasteiger charge is -2.35. The highest BCUT2D eigenvalue weighted by Crippen LogP contribution is 2.27. The van der Waals surface area contributed by atoms with E-state index in [4.69, 9.17) is 0 Å². The van der Waals surface area contributed by atoms with Crippen LogP contribution >= 0.6 is 0 Å². The summed E-state index contributed by atoms with van der Waals surface area (Å²) in [5, 5.41) is 3.27. The van der Waals surface area contributed by atoms with Crippen LogP contribution in [0.1, 0.15) is 12.8 Å². The number of nitrogens with zero attached hydrogens (tertiary/aromatic N) is 3. The van der Waals surface area contributed by atoms with Crippen LogP contribution < -0.4 is 10.2 Å². The third-order valence-corrected chi connectivity index (χ3v) is 4.01. The first-order valence-electron chi connectivity index (χ1n) is 7.47. The topological polar surface area (TPSA) is 48.5 Å². The predicted molar refractivity (Wildman–Crippen MR) is 78.6 cm³/mol. The summed E-state index contributed by atoms with van der Waals surface area (Å²) in [5.74, 6) is 2.06. The molecule has 0 atom stereocenters. The minimum absolute atomic E-state index is 0.228. The minimum Gasteiger partial charge on any atom is -0.353 e. The molecule has 2 heterocycles. The van der Waals surface area contributed by atoms with E-state index in [1.165, 1.54) is 12.8 Å². The molecule has 2 aliphatic rings. The molecule has 1 aliphatic carbocycles. The zero-order valence-electron chi connectivity index (χ0n) is 11.8. The minimum atomic E-state index is 0.228. The van der Waals surface area contributed by atoms with E-state index >= 15 is 0 Å². The third kappa shape index (κ3) is 3.48. The maximum absolute atomic E-state index is 12.1. The smallest absolute Gasteiger partial charge is 0.236 e. The van der Waals surface area contributed by atoms with Gasteiger partial charge in [0.2, 0.25) is 5.91 Å². The molecule has 1 amide bonds. The first-order chi connectivity index (χ1) is 9.83. The molecule has 1 aromatic heterocycles. The molecule has 1 saturated heterocycles. The molecular formula is C15H22N4O. The number of amides is 1. The first-order valence-corrected chi connectivity index (χ1v) is 7.47. The Morgan fingerprint density at radius 3 is 2.70 bits per heavy atom. The van der Waals surface area contributed by atoms with Crippen LogP contribution in [0.25, 0.3) is 0 Å². The lowest BCUT2D eigenvalue weighted by Crippen LogP contribution is -2.51. The summed E-state index contributed by atoms with van der Waals surface area (Å²) in [7, 11) is 0. The Morgan fingerprint density at radius 2 is 2.05 bits per heavy atom. The van der Waals surface area contributed by atoms with Gasteiger partial charge in [0.1, 0.15) is 5.82 Å². The third-order valence-electron chi connectivity index (χ3n) is 4.01. The van der Waals surface area contributed by atoms with Crippen molar-refractivity contribution in [2.24, 2.45) is 5.92 Å². The Labute approximate surface area is 120 Å². The number of aromatic nitrogens is 1. The summed E-state index contributed by atoms with van der Waals surface area (Å²) in [6.07, 6.45) is 4.46. The van der Waals surface area contributed by atoms with E-state index in [1.807, 2.05) is 29.3 Å². The van der Waals surface area contributed by atoms with Crippen LogP contribution in [-0.2, 0) is 4.79 Å². The van der Waals surface area contributed by atoms with E-state index in [0.29, 0.717) is 6.54 Å². The molecule has 3 rings (SSSR count). The lowest BCUT2D eigenvalue weighted by atomic mass is 10.3. The van der Waals surface area contributed by atoms with Crippen molar-refractivity contribution in [1.82, 2.24) is 15.2 Å². The normalized spacial score (nSPS) is 19.2. The molecule has 0 aromatic carbocycles. The number of carbonyl (C=O) groups excluding carboxylic acids is 1. The van der Waals surface area contributed by atoms with Crippen LogP contribution in [0.5, 0.6) is 0 Å². The van der Waals surface area contributed by atoms with E-state index < -0.39 is 0 Å².